The van der Waals surface area contributed by atoms with Crippen LogP contribution in [0.1, 0.15) is 37.6 Å². The fraction of sp³-hybridized carbons (Fsp3) is 0.286. The molecule has 1 unspecified atom stereocenters. The van der Waals surface area contributed by atoms with E-state index in [9.17, 15) is 0 Å². The molecule has 1 atom stereocenters. The molecule has 1 aliphatic heterocycles. The summed E-state index contributed by atoms with van der Waals surface area (Å²) < 4.78 is 6.12. The van der Waals surface area contributed by atoms with E-state index in [0.29, 0.717) is 5.82 Å². The zero-order valence-electron chi connectivity index (χ0n) is 15.2. The molecule has 26 heavy (non-hydrogen) atoms. The minimum atomic E-state index is -0.236. The van der Waals surface area contributed by atoms with Gasteiger partial charge < -0.3 is 10.1 Å². The summed E-state index contributed by atoms with van der Waals surface area (Å²) in [5.41, 5.74) is 2.75. The number of rotatable bonds is 3. The Morgan fingerprint density at radius 3 is 2.77 bits per heavy atom. The molecule has 0 aliphatic carbocycles. The van der Waals surface area contributed by atoms with Gasteiger partial charge in [-0.1, -0.05) is 18.2 Å². The highest BCUT2D eigenvalue weighted by Gasteiger charge is 2.33. The lowest BCUT2D eigenvalue weighted by molar-refractivity contribution is 0.0758. The number of nitrogens with one attached hydrogen (secondary N) is 1. The first-order valence-electron chi connectivity index (χ1n) is 8.81. The molecule has 5 heteroatoms. The molecule has 0 bridgehead atoms. The summed E-state index contributed by atoms with van der Waals surface area (Å²) in [7, 11) is 0. The van der Waals surface area contributed by atoms with Gasteiger partial charge in [-0.25, -0.2) is 9.97 Å². The van der Waals surface area contributed by atoms with E-state index in [1.165, 1.54) is 0 Å². The van der Waals surface area contributed by atoms with E-state index in [0.717, 1.165) is 34.8 Å². The molecule has 3 aromatic rings. The van der Waals surface area contributed by atoms with Gasteiger partial charge >= 0.3 is 0 Å². The SMILES string of the molecule is Cc1cc(NC2CC(C)(C)Oc3ccccc32)nc(-c2cccnc2)n1. The number of pyridine rings is 1. The summed E-state index contributed by atoms with van der Waals surface area (Å²) in [5.74, 6) is 2.42. The van der Waals surface area contributed by atoms with Crippen LogP contribution in [0.15, 0.2) is 54.9 Å². The molecule has 1 aromatic carbocycles. The van der Waals surface area contributed by atoms with Crippen LogP contribution in [0.4, 0.5) is 5.82 Å². The van der Waals surface area contributed by atoms with Crippen LogP contribution in [0.5, 0.6) is 5.75 Å². The van der Waals surface area contributed by atoms with Gasteiger partial charge in [0.25, 0.3) is 0 Å². The van der Waals surface area contributed by atoms with E-state index < -0.39 is 0 Å². The van der Waals surface area contributed by atoms with Gasteiger partial charge in [0.15, 0.2) is 5.82 Å². The molecular weight excluding hydrogens is 324 g/mol. The lowest BCUT2D eigenvalue weighted by Gasteiger charge is -2.38. The Bertz CT molecular complexity index is 924. The van der Waals surface area contributed by atoms with Crippen LogP contribution in [0.25, 0.3) is 11.4 Å². The normalized spacial score (nSPS) is 17.9. The molecule has 0 fully saturated rings. The summed E-state index contributed by atoms with van der Waals surface area (Å²) in [6, 6.07) is 14.2. The number of aryl methyl sites for hydroxylation is 1. The monoisotopic (exact) mass is 346 g/mol. The number of aromatic nitrogens is 3. The molecule has 4 rings (SSSR count). The summed E-state index contributed by atoms with van der Waals surface area (Å²) in [6.07, 6.45) is 4.39. The highest BCUT2D eigenvalue weighted by atomic mass is 16.5. The average molecular weight is 346 g/mol. The lowest BCUT2D eigenvalue weighted by Crippen LogP contribution is -2.37. The van der Waals surface area contributed by atoms with Gasteiger partial charge in [0.05, 0.1) is 6.04 Å². The Balaban J connectivity index is 1.68. The second-order valence-corrected chi connectivity index (χ2v) is 7.26. The van der Waals surface area contributed by atoms with Crippen LogP contribution in [0.3, 0.4) is 0 Å². The summed E-state index contributed by atoms with van der Waals surface area (Å²) in [5, 5.41) is 3.59. The van der Waals surface area contributed by atoms with Crippen molar-refractivity contribution in [1.82, 2.24) is 15.0 Å². The van der Waals surface area contributed by atoms with Gasteiger partial charge in [0.2, 0.25) is 0 Å². The fourth-order valence-electron chi connectivity index (χ4n) is 3.38. The molecule has 1 N–H and O–H groups in total. The second kappa shape index (κ2) is 6.41. The Kier molecular flexibility index (Phi) is 4.07. The van der Waals surface area contributed by atoms with Gasteiger partial charge in [0, 0.05) is 41.7 Å². The number of hydrogen-bond donors (Lipinski definition) is 1. The van der Waals surface area contributed by atoms with Gasteiger partial charge in [-0.15, -0.1) is 0 Å². The molecule has 0 saturated heterocycles. The van der Waals surface area contributed by atoms with Crippen molar-refractivity contribution in [2.45, 2.75) is 38.8 Å². The number of anilines is 1. The van der Waals surface area contributed by atoms with Crippen LogP contribution in [0.2, 0.25) is 0 Å². The number of nitrogens with zero attached hydrogens (tertiary/aromatic N) is 3. The van der Waals surface area contributed by atoms with E-state index in [2.05, 4.69) is 35.2 Å². The van der Waals surface area contributed by atoms with E-state index in [-0.39, 0.29) is 11.6 Å². The van der Waals surface area contributed by atoms with Crippen LogP contribution >= 0.6 is 0 Å². The summed E-state index contributed by atoms with van der Waals surface area (Å²) in [6.45, 7) is 6.21. The van der Waals surface area contributed by atoms with Crippen LogP contribution in [0, 0.1) is 6.92 Å². The van der Waals surface area contributed by atoms with Crippen molar-refractivity contribution >= 4 is 5.82 Å². The maximum Gasteiger partial charge on any atom is 0.163 e. The van der Waals surface area contributed by atoms with Gasteiger partial charge in [-0.2, -0.15) is 0 Å². The third kappa shape index (κ3) is 3.38. The minimum Gasteiger partial charge on any atom is -0.487 e. The second-order valence-electron chi connectivity index (χ2n) is 7.26. The molecule has 0 radical (unpaired) electrons. The van der Waals surface area contributed by atoms with Crippen molar-refractivity contribution in [2.24, 2.45) is 0 Å². The molecule has 1 aliphatic rings. The predicted molar refractivity (Wildman–Crippen MR) is 102 cm³/mol. The third-order valence-corrected chi connectivity index (χ3v) is 4.47. The lowest BCUT2D eigenvalue weighted by atomic mass is 9.89. The van der Waals surface area contributed by atoms with Crippen molar-refractivity contribution in [3.63, 3.8) is 0 Å². The Morgan fingerprint density at radius 1 is 1.12 bits per heavy atom. The largest absolute Gasteiger partial charge is 0.487 e. The standard InChI is InChI=1S/C21H22N4O/c1-14-11-19(25-20(23-14)15-7-6-10-22-13-15)24-17-12-21(2,3)26-18-9-5-4-8-16(17)18/h4-11,13,17H,12H2,1-3H3,(H,23,24,25). The van der Waals surface area contributed by atoms with E-state index in [4.69, 9.17) is 9.72 Å². The highest BCUT2D eigenvalue weighted by molar-refractivity contribution is 5.57. The van der Waals surface area contributed by atoms with Gasteiger partial charge in [-0.3, -0.25) is 4.98 Å². The zero-order valence-corrected chi connectivity index (χ0v) is 15.2. The first-order valence-corrected chi connectivity index (χ1v) is 8.81. The quantitative estimate of drug-likeness (QED) is 0.753. The molecule has 3 heterocycles. The maximum atomic E-state index is 6.12. The maximum absolute atomic E-state index is 6.12. The van der Waals surface area contributed by atoms with Crippen LogP contribution in [-0.4, -0.2) is 20.6 Å². The number of benzene rings is 1. The molecule has 0 spiro atoms. The zero-order chi connectivity index (χ0) is 18.1. The number of fused-ring (bicyclic) bond motifs is 1. The predicted octanol–water partition coefficient (Wildman–Crippen LogP) is 4.56. The fourth-order valence-corrected chi connectivity index (χ4v) is 3.38. The number of para-hydroxylation sites is 1. The molecule has 132 valence electrons. The van der Waals surface area contributed by atoms with Crippen molar-refractivity contribution in [3.8, 4) is 17.1 Å². The van der Waals surface area contributed by atoms with Crippen molar-refractivity contribution in [2.75, 3.05) is 5.32 Å². The Labute approximate surface area is 153 Å². The van der Waals surface area contributed by atoms with Crippen LogP contribution < -0.4 is 10.1 Å². The van der Waals surface area contributed by atoms with Gasteiger partial charge in [-0.05, 0) is 39.0 Å². The molecule has 0 amide bonds. The van der Waals surface area contributed by atoms with Crippen molar-refractivity contribution < 1.29 is 4.74 Å². The molecule has 0 saturated carbocycles. The Morgan fingerprint density at radius 2 is 1.96 bits per heavy atom. The molecule has 2 aromatic heterocycles. The topological polar surface area (TPSA) is 59.9 Å². The first-order chi connectivity index (χ1) is 12.5. The van der Waals surface area contributed by atoms with E-state index >= 15 is 0 Å². The summed E-state index contributed by atoms with van der Waals surface area (Å²) >= 11 is 0. The smallest absolute Gasteiger partial charge is 0.163 e. The minimum absolute atomic E-state index is 0.131. The third-order valence-electron chi connectivity index (χ3n) is 4.47. The number of ether oxygens (including phenoxy) is 1. The Hall–Kier alpha value is -2.95. The highest BCUT2D eigenvalue weighted by Crippen LogP contribution is 2.40. The van der Waals surface area contributed by atoms with E-state index in [1.807, 2.05) is 43.3 Å². The molecular formula is C21H22N4O. The van der Waals surface area contributed by atoms with E-state index in [1.54, 1.807) is 12.4 Å². The first kappa shape index (κ1) is 16.5. The number of hydrogen-bond acceptors (Lipinski definition) is 5. The van der Waals surface area contributed by atoms with Crippen LogP contribution in [-0.2, 0) is 0 Å². The molecule has 5 nitrogen and oxygen atoms in total. The average Bonchev–Trinajstić information content (AvgIpc) is 2.61. The summed E-state index contributed by atoms with van der Waals surface area (Å²) in [4.78, 5) is 13.4. The van der Waals surface area contributed by atoms with Crippen molar-refractivity contribution in [3.05, 3.63) is 66.1 Å². The van der Waals surface area contributed by atoms with Crippen molar-refractivity contribution in [1.29, 1.82) is 0 Å². The van der Waals surface area contributed by atoms with Gasteiger partial charge in [0.1, 0.15) is 17.2 Å².